The number of aryl methyl sites for hydroxylation is 1. The Bertz CT molecular complexity index is 711. The van der Waals surface area contributed by atoms with Crippen molar-refractivity contribution < 1.29 is 18.3 Å². The van der Waals surface area contributed by atoms with E-state index in [9.17, 15) is 13.5 Å². The second-order valence-corrected chi connectivity index (χ2v) is 7.41. The maximum atomic E-state index is 12.3. The summed E-state index contributed by atoms with van der Waals surface area (Å²) in [4.78, 5) is 0.221. The summed E-state index contributed by atoms with van der Waals surface area (Å²) in [6, 6.07) is 6.64. The smallest absolute Gasteiger partial charge is 0.240 e. The molecule has 120 valence electrons. The maximum absolute atomic E-state index is 12.3. The van der Waals surface area contributed by atoms with Gasteiger partial charge in [0.15, 0.2) is 0 Å². The molecule has 7 heteroatoms. The summed E-state index contributed by atoms with van der Waals surface area (Å²) in [5.41, 5.74) is 1.43. The first-order valence-electron chi connectivity index (χ1n) is 6.78. The van der Waals surface area contributed by atoms with E-state index >= 15 is 0 Å². The van der Waals surface area contributed by atoms with Gasteiger partial charge >= 0.3 is 0 Å². The van der Waals surface area contributed by atoms with Crippen LogP contribution in [0.3, 0.4) is 0 Å². The number of benzene rings is 1. The van der Waals surface area contributed by atoms with Crippen LogP contribution in [0.2, 0.25) is 0 Å². The highest BCUT2D eigenvalue weighted by molar-refractivity contribution is 7.89. The zero-order valence-corrected chi connectivity index (χ0v) is 14.1. The number of methoxy groups -OCH3 is 1. The fourth-order valence-electron chi connectivity index (χ4n) is 2.09. The number of hydrogen-bond donors (Lipinski definition) is 2. The van der Waals surface area contributed by atoms with E-state index < -0.39 is 16.1 Å². The van der Waals surface area contributed by atoms with Crippen LogP contribution in [0.25, 0.3) is 0 Å². The Hall–Kier alpha value is -1.41. The summed E-state index contributed by atoms with van der Waals surface area (Å²) in [6.07, 6.45) is -0.337. The highest BCUT2D eigenvalue weighted by atomic mass is 32.2. The zero-order valence-electron chi connectivity index (χ0n) is 12.4. The molecule has 0 aliphatic carbocycles. The van der Waals surface area contributed by atoms with E-state index in [1.807, 2.05) is 16.8 Å². The topological polar surface area (TPSA) is 75.6 Å². The van der Waals surface area contributed by atoms with Crippen LogP contribution in [0.1, 0.15) is 23.7 Å². The first-order chi connectivity index (χ1) is 10.4. The van der Waals surface area contributed by atoms with Gasteiger partial charge < -0.3 is 9.84 Å². The molecule has 2 aromatic rings. The van der Waals surface area contributed by atoms with Crippen molar-refractivity contribution in [3.05, 3.63) is 46.2 Å². The summed E-state index contributed by atoms with van der Waals surface area (Å²) in [6.45, 7) is 1.89. The van der Waals surface area contributed by atoms with Gasteiger partial charge in [-0.05, 0) is 59.5 Å². The van der Waals surface area contributed by atoms with Crippen molar-refractivity contribution in [3.8, 4) is 5.75 Å². The molecule has 1 aromatic heterocycles. The van der Waals surface area contributed by atoms with Crippen LogP contribution in [0.5, 0.6) is 5.75 Å². The monoisotopic (exact) mass is 341 g/mol. The van der Waals surface area contributed by atoms with Gasteiger partial charge in [-0.1, -0.05) is 0 Å². The number of aliphatic hydroxyl groups is 1. The van der Waals surface area contributed by atoms with Crippen LogP contribution in [0.15, 0.2) is 39.9 Å². The van der Waals surface area contributed by atoms with Crippen molar-refractivity contribution in [1.82, 2.24) is 4.72 Å². The van der Waals surface area contributed by atoms with Crippen LogP contribution in [0.4, 0.5) is 0 Å². The summed E-state index contributed by atoms with van der Waals surface area (Å²) in [5, 5.41) is 13.7. The minimum absolute atomic E-state index is 0.171. The van der Waals surface area contributed by atoms with Crippen molar-refractivity contribution in [2.24, 2.45) is 0 Å². The first-order valence-corrected chi connectivity index (χ1v) is 9.21. The number of aliphatic hydroxyl groups excluding tert-OH is 1. The van der Waals surface area contributed by atoms with E-state index in [0.29, 0.717) is 17.7 Å². The summed E-state index contributed by atoms with van der Waals surface area (Å²) in [7, 11) is -2.06. The van der Waals surface area contributed by atoms with Gasteiger partial charge in [0.1, 0.15) is 5.75 Å². The SMILES string of the molecule is COc1ccc(S(=O)(=O)NCCC(O)c2ccsc2)c(C)c1. The normalized spacial score (nSPS) is 13.0. The van der Waals surface area contributed by atoms with Gasteiger partial charge in [0.05, 0.1) is 18.1 Å². The van der Waals surface area contributed by atoms with Gasteiger partial charge in [-0.15, -0.1) is 0 Å². The Balaban J connectivity index is 1.99. The number of thiophene rings is 1. The molecule has 0 spiro atoms. The van der Waals surface area contributed by atoms with Crippen LogP contribution in [-0.4, -0.2) is 27.2 Å². The maximum Gasteiger partial charge on any atom is 0.240 e. The zero-order chi connectivity index (χ0) is 16.2. The number of sulfonamides is 1. The highest BCUT2D eigenvalue weighted by Crippen LogP contribution is 2.22. The standard InChI is InChI=1S/C15H19NO4S2/c1-11-9-13(20-2)3-4-15(11)22(18,19)16-7-5-14(17)12-6-8-21-10-12/h3-4,6,8-10,14,16-17H,5,7H2,1-2H3. The van der Waals surface area contributed by atoms with E-state index in [1.54, 1.807) is 19.1 Å². The third-order valence-electron chi connectivity index (χ3n) is 3.31. The van der Waals surface area contributed by atoms with Crippen LogP contribution in [-0.2, 0) is 10.0 Å². The second-order valence-electron chi connectivity index (χ2n) is 4.89. The van der Waals surface area contributed by atoms with E-state index in [4.69, 9.17) is 4.74 Å². The van der Waals surface area contributed by atoms with E-state index in [1.165, 1.54) is 24.5 Å². The number of rotatable bonds is 7. The molecule has 1 atom stereocenters. The van der Waals surface area contributed by atoms with Crippen molar-refractivity contribution in [2.45, 2.75) is 24.3 Å². The molecule has 1 unspecified atom stereocenters. The molecule has 1 aromatic carbocycles. The predicted octanol–water partition coefficient (Wildman–Crippen LogP) is 2.47. The first kappa shape index (κ1) is 17.0. The van der Waals surface area contributed by atoms with Crippen molar-refractivity contribution in [1.29, 1.82) is 0 Å². The average molecular weight is 341 g/mol. The molecule has 22 heavy (non-hydrogen) atoms. The molecule has 5 nitrogen and oxygen atoms in total. The Labute approximate surface area is 134 Å². The molecule has 1 heterocycles. The lowest BCUT2D eigenvalue weighted by Crippen LogP contribution is -2.26. The fraction of sp³-hybridized carbons (Fsp3) is 0.333. The third-order valence-corrected chi connectivity index (χ3v) is 5.63. The lowest BCUT2D eigenvalue weighted by molar-refractivity contribution is 0.169. The molecular formula is C15H19NO4S2. The molecule has 0 aliphatic heterocycles. The molecule has 0 radical (unpaired) electrons. The average Bonchev–Trinajstić information content (AvgIpc) is 3.00. The van der Waals surface area contributed by atoms with Gasteiger partial charge in [0.2, 0.25) is 10.0 Å². The van der Waals surface area contributed by atoms with E-state index in [-0.39, 0.29) is 11.4 Å². The van der Waals surface area contributed by atoms with Gasteiger partial charge in [-0.25, -0.2) is 13.1 Å². The third kappa shape index (κ3) is 4.07. The lowest BCUT2D eigenvalue weighted by Gasteiger charge is -2.12. The molecule has 0 saturated heterocycles. The molecule has 0 bridgehead atoms. The van der Waals surface area contributed by atoms with Gasteiger partial charge in [0, 0.05) is 6.54 Å². The van der Waals surface area contributed by atoms with E-state index in [0.717, 1.165) is 5.56 Å². The van der Waals surface area contributed by atoms with Gasteiger partial charge in [-0.3, -0.25) is 0 Å². The molecule has 0 amide bonds. The number of nitrogens with one attached hydrogen (secondary N) is 1. The quantitative estimate of drug-likeness (QED) is 0.811. The summed E-state index contributed by atoms with van der Waals surface area (Å²) >= 11 is 1.50. The van der Waals surface area contributed by atoms with Crippen LogP contribution < -0.4 is 9.46 Å². The molecular weight excluding hydrogens is 322 g/mol. The van der Waals surface area contributed by atoms with Crippen LogP contribution >= 0.6 is 11.3 Å². The minimum atomic E-state index is -3.59. The Morgan fingerprint density at radius 2 is 2.14 bits per heavy atom. The molecule has 2 N–H and O–H groups in total. The molecule has 0 aliphatic rings. The van der Waals surface area contributed by atoms with Crippen LogP contribution in [0, 0.1) is 6.92 Å². The molecule has 0 saturated carbocycles. The van der Waals surface area contributed by atoms with Crippen molar-refractivity contribution in [3.63, 3.8) is 0 Å². The Morgan fingerprint density at radius 3 is 2.73 bits per heavy atom. The number of hydrogen-bond acceptors (Lipinski definition) is 5. The predicted molar refractivity (Wildman–Crippen MR) is 86.8 cm³/mol. The minimum Gasteiger partial charge on any atom is -0.497 e. The summed E-state index contributed by atoms with van der Waals surface area (Å²) in [5.74, 6) is 0.615. The fourth-order valence-corrected chi connectivity index (χ4v) is 4.07. The van der Waals surface area contributed by atoms with Crippen molar-refractivity contribution in [2.75, 3.05) is 13.7 Å². The van der Waals surface area contributed by atoms with E-state index in [2.05, 4.69) is 4.72 Å². The summed E-state index contributed by atoms with van der Waals surface area (Å²) < 4.78 is 32.2. The second kappa shape index (κ2) is 7.23. The Kier molecular flexibility index (Phi) is 5.57. The highest BCUT2D eigenvalue weighted by Gasteiger charge is 2.17. The van der Waals surface area contributed by atoms with Gasteiger partial charge in [-0.2, -0.15) is 11.3 Å². The van der Waals surface area contributed by atoms with Crippen molar-refractivity contribution >= 4 is 21.4 Å². The number of ether oxygens (including phenoxy) is 1. The molecule has 0 fully saturated rings. The largest absolute Gasteiger partial charge is 0.497 e. The lowest BCUT2D eigenvalue weighted by atomic mass is 10.1. The Morgan fingerprint density at radius 1 is 1.36 bits per heavy atom. The van der Waals surface area contributed by atoms with Gasteiger partial charge in [0.25, 0.3) is 0 Å². The molecule has 2 rings (SSSR count).